The Morgan fingerprint density at radius 1 is 0.880 bits per heavy atom. The summed E-state index contributed by atoms with van der Waals surface area (Å²) in [6, 6.07) is 0.366. The molecule has 138 valence electrons. The number of rotatable bonds is 2. The minimum absolute atomic E-state index is 0.0859. The second-order valence-electron chi connectivity index (χ2n) is 8.61. The molecule has 0 aromatic carbocycles. The van der Waals surface area contributed by atoms with Gasteiger partial charge in [0.05, 0.1) is 6.54 Å². The topological polar surface area (TPSA) is 50.6 Å². The van der Waals surface area contributed by atoms with Crippen LogP contribution in [0, 0.1) is 23.3 Å². The molecule has 0 aromatic heterocycles. The summed E-state index contributed by atoms with van der Waals surface area (Å²) in [5, 5.41) is 9.19. The van der Waals surface area contributed by atoms with Gasteiger partial charge in [-0.2, -0.15) is 5.26 Å². The Kier molecular flexibility index (Phi) is 5.17. The molecule has 4 aliphatic rings. The standard InChI is InChI=1S/C20H32N4O/c21-15-22-9-10-23-11-12-24(20(25)19(23)14-22)18-8-4-7-17(13-18)16-5-2-1-3-6-16/h16-19H,1-14H2/t17?,18?,19-/m1/s1. The second kappa shape index (κ2) is 7.53. The van der Waals surface area contributed by atoms with Crippen LogP contribution in [0.1, 0.15) is 57.8 Å². The van der Waals surface area contributed by atoms with Crippen molar-refractivity contribution in [2.45, 2.75) is 69.9 Å². The van der Waals surface area contributed by atoms with Gasteiger partial charge in [-0.05, 0) is 24.7 Å². The molecule has 0 aromatic rings. The summed E-state index contributed by atoms with van der Waals surface area (Å²) in [5.74, 6) is 2.05. The molecular weight excluding hydrogens is 312 g/mol. The molecule has 5 nitrogen and oxygen atoms in total. The first kappa shape index (κ1) is 17.1. The van der Waals surface area contributed by atoms with Crippen LogP contribution in [0.3, 0.4) is 0 Å². The van der Waals surface area contributed by atoms with E-state index in [4.69, 9.17) is 0 Å². The van der Waals surface area contributed by atoms with Gasteiger partial charge in [-0.3, -0.25) is 9.69 Å². The molecule has 0 radical (unpaired) electrons. The molecule has 0 bridgehead atoms. The third kappa shape index (κ3) is 3.51. The number of fused-ring (bicyclic) bond motifs is 1. The maximum absolute atomic E-state index is 13.2. The maximum atomic E-state index is 13.2. The van der Waals surface area contributed by atoms with E-state index < -0.39 is 0 Å². The summed E-state index contributed by atoms with van der Waals surface area (Å²) in [7, 11) is 0. The summed E-state index contributed by atoms with van der Waals surface area (Å²) in [4.78, 5) is 19.4. The quantitative estimate of drug-likeness (QED) is 0.722. The van der Waals surface area contributed by atoms with E-state index >= 15 is 0 Å². The first-order valence-corrected chi connectivity index (χ1v) is 10.5. The highest BCUT2D eigenvalue weighted by molar-refractivity contribution is 5.83. The first-order valence-electron chi connectivity index (χ1n) is 10.5. The highest BCUT2D eigenvalue weighted by Crippen LogP contribution is 2.40. The van der Waals surface area contributed by atoms with E-state index in [2.05, 4.69) is 16.0 Å². The second-order valence-corrected chi connectivity index (χ2v) is 8.61. The van der Waals surface area contributed by atoms with Gasteiger partial charge >= 0.3 is 0 Å². The fraction of sp³-hybridized carbons (Fsp3) is 0.900. The van der Waals surface area contributed by atoms with Crippen LogP contribution in [-0.2, 0) is 4.79 Å². The first-order chi connectivity index (χ1) is 12.3. The molecule has 2 aliphatic carbocycles. The SMILES string of the molecule is N#CN1CCN2CCN(C3CCCC(C4CCCCC4)C3)C(=O)[C@H]2C1. The van der Waals surface area contributed by atoms with E-state index in [0.717, 1.165) is 38.0 Å². The Hall–Kier alpha value is -1.28. The van der Waals surface area contributed by atoms with Crippen molar-refractivity contribution in [2.75, 3.05) is 32.7 Å². The maximum Gasteiger partial charge on any atom is 0.242 e. The van der Waals surface area contributed by atoms with Gasteiger partial charge < -0.3 is 9.80 Å². The molecule has 2 aliphatic heterocycles. The average Bonchev–Trinajstić information content (AvgIpc) is 2.69. The van der Waals surface area contributed by atoms with Crippen molar-refractivity contribution in [3.63, 3.8) is 0 Å². The van der Waals surface area contributed by atoms with Crippen LogP contribution in [0.25, 0.3) is 0 Å². The number of amides is 1. The normalized spacial score (nSPS) is 35.3. The van der Waals surface area contributed by atoms with Crippen LogP contribution in [-0.4, -0.2) is 65.4 Å². The van der Waals surface area contributed by atoms with E-state index in [1.165, 1.54) is 57.8 Å². The minimum atomic E-state index is -0.0859. The lowest BCUT2D eigenvalue weighted by Crippen LogP contribution is -2.65. The molecule has 2 saturated carbocycles. The lowest BCUT2D eigenvalue weighted by Gasteiger charge is -2.49. The van der Waals surface area contributed by atoms with Crippen molar-refractivity contribution >= 4 is 5.91 Å². The smallest absolute Gasteiger partial charge is 0.242 e. The third-order valence-corrected chi connectivity index (χ3v) is 7.27. The van der Waals surface area contributed by atoms with E-state index in [1.807, 2.05) is 0 Å². The van der Waals surface area contributed by atoms with Crippen molar-refractivity contribution in [2.24, 2.45) is 11.8 Å². The molecule has 1 amide bonds. The summed E-state index contributed by atoms with van der Waals surface area (Å²) < 4.78 is 0. The fourth-order valence-corrected chi connectivity index (χ4v) is 5.83. The van der Waals surface area contributed by atoms with Crippen LogP contribution < -0.4 is 0 Å². The molecule has 2 heterocycles. The Labute approximate surface area is 151 Å². The lowest BCUT2D eigenvalue weighted by atomic mass is 9.72. The molecule has 4 rings (SSSR count). The Morgan fingerprint density at radius 2 is 1.64 bits per heavy atom. The zero-order valence-corrected chi connectivity index (χ0v) is 15.4. The Balaban J connectivity index is 1.40. The van der Waals surface area contributed by atoms with Crippen molar-refractivity contribution in [1.29, 1.82) is 5.26 Å². The zero-order chi connectivity index (χ0) is 17.2. The number of carbonyl (C=O) groups excluding carboxylic acids is 1. The van der Waals surface area contributed by atoms with Gasteiger partial charge in [-0.25, -0.2) is 0 Å². The van der Waals surface area contributed by atoms with Gasteiger partial charge in [0.25, 0.3) is 0 Å². The predicted octanol–water partition coefficient (Wildman–Crippen LogP) is 2.43. The van der Waals surface area contributed by atoms with E-state index in [-0.39, 0.29) is 6.04 Å². The molecule has 5 heteroatoms. The largest absolute Gasteiger partial charge is 0.337 e. The van der Waals surface area contributed by atoms with Gasteiger partial charge in [0.2, 0.25) is 5.91 Å². The summed E-state index contributed by atoms with van der Waals surface area (Å²) in [6.07, 6.45) is 14.4. The summed E-state index contributed by atoms with van der Waals surface area (Å²) in [5.41, 5.74) is 0. The number of piperazine rings is 2. The number of hydrogen-bond acceptors (Lipinski definition) is 4. The average molecular weight is 345 g/mol. The van der Waals surface area contributed by atoms with Gasteiger partial charge in [0, 0.05) is 32.2 Å². The molecule has 3 atom stereocenters. The monoisotopic (exact) mass is 344 g/mol. The molecular formula is C20H32N4O. The Morgan fingerprint density at radius 3 is 2.44 bits per heavy atom. The van der Waals surface area contributed by atoms with Gasteiger partial charge in [0.15, 0.2) is 6.19 Å². The van der Waals surface area contributed by atoms with Crippen molar-refractivity contribution < 1.29 is 4.79 Å². The molecule has 0 spiro atoms. The van der Waals surface area contributed by atoms with Crippen LogP contribution in [0.4, 0.5) is 0 Å². The molecule has 25 heavy (non-hydrogen) atoms. The fourth-order valence-electron chi connectivity index (χ4n) is 5.83. The van der Waals surface area contributed by atoms with E-state index in [1.54, 1.807) is 4.90 Å². The molecule has 2 saturated heterocycles. The van der Waals surface area contributed by atoms with E-state index in [0.29, 0.717) is 18.5 Å². The number of carbonyl (C=O) groups is 1. The van der Waals surface area contributed by atoms with Gasteiger partial charge in [-0.1, -0.05) is 44.9 Å². The molecule has 4 fully saturated rings. The minimum Gasteiger partial charge on any atom is -0.337 e. The van der Waals surface area contributed by atoms with Crippen LogP contribution in [0.2, 0.25) is 0 Å². The number of nitrogens with zero attached hydrogens (tertiary/aromatic N) is 4. The molecule has 2 unspecified atom stereocenters. The highest BCUT2D eigenvalue weighted by atomic mass is 16.2. The van der Waals surface area contributed by atoms with Crippen LogP contribution in [0.5, 0.6) is 0 Å². The van der Waals surface area contributed by atoms with Crippen molar-refractivity contribution in [1.82, 2.24) is 14.7 Å². The number of hydrogen-bond donors (Lipinski definition) is 0. The van der Waals surface area contributed by atoms with Crippen LogP contribution >= 0.6 is 0 Å². The summed E-state index contributed by atoms with van der Waals surface area (Å²) >= 11 is 0. The zero-order valence-electron chi connectivity index (χ0n) is 15.4. The summed E-state index contributed by atoms with van der Waals surface area (Å²) in [6.45, 7) is 4.09. The molecule has 0 N–H and O–H groups in total. The third-order valence-electron chi connectivity index (χ3n) is 7.27. The van der Waals surface area contributed by atoms with Crippen LogP contribution in [0.15, 0.2) is 0 Å². The number of nitriles is 1. The highest BCUT2D eigenvalue weighted by Gasteiger charge is 2.42. The van der Waals surface area contributed by atoms with Crippen molar-refractivity contribution in [3.8, 4) is 6.19 Å². The predicted molar refractivity (Wildman–Crippen MR) is 96.6 cm³/mol. The Bertz CT molecular complexity index is 524. The van der Waals surface area contributed by atoms with Crippen molar-refractivity contribution in [3.05, 3.63) is 0 Å². The van der Waals surface area contributed by atoms with E-state index in [9.17, 15) is 10.1 Å². The van der Waals surface area contributed by atoms with Gasteiger partial charge in [-0.15, -0.1) is 0 Å². The van der Waals surface area contributed by atoms with Gasteiger partial charge in [0.1, 0.15) is 6.04 Å². The lowest BCUT2D eigenvalue weighted by molar-refractivity contribution is -0.148.